The first-order valence-electron chi connectivity index (χ1n) is 9.01. The summed E-state index contributed by atoms with van der Waals surface area (Å²) in [6, 6.07) is 0.340. The number of rotatable bonds is 5. The van der Waals surface area contributed by atoms with E-state index in [1.807, 2.05) is 29.5 Å². The molecule has 0 fully saturated rings. The lowest BCUT2D eigenvalue weighted by Crippen LogP contribution is -2.44. The van der Waals surface area contributed by atoms with Crippen molar-refractivity contribution >= 4 is 5.96 Å². The number of nitrogens with one attached hydrogen (secondary N) is 2. The maximum atomic E-state index is 4.58. The number of guanidine groups is 1. The average Bonchev–Trinajstić information content (AvgIpc) is 3.19. The second kappa shape index (κ2) is 7.86. The Hall–Kier alpha value is -2.42. The molecule has 0 saturated heterocycles. The first kappa shape index (κ1) is 18.4. The standard InChI is InChI=1S/C17H29N9/c1-12-21-16-14(7-6-8-26(16)23-12)22-17(18-2)19-10-15(24(3)4)13-9-20-25(5)11-13/h9,11,14-15H,6-8,10H2,1-5H3,(H2,18,19,22). The highest BCUT2D eigenvalue weighted by molar-refractivity contribution is 5.80. The predicted octanol–water partition coefficient (Wildman–Crippen LogP) is 0.623. The second-order valence-corrected chi connectivity index (χ2v) is 6.96. The van der Waals surface area contributed by atoms with Crippen LogP contribution in [-0.4, -0.2) is 63.1 Å². The number of hydrogen-bond donors (Lipinski definition) is 2. The van der Waals surface area contributed by atoms with Crippen molar-refractivity contribution in [2.45, 2.75) is 38.4 Å². The van der Waals surface area contributed by atoms with Crippen LogP contribution in [0.1, 0.15) is 42.1 Å². The molecule has 0 saturated carbocycles. The highest BCUT2D eigenvalue weighted by atomic mass is 15.4. The predicted molar refractivity (Wildman–Crippen MR) is 101 cm³/mol. The molecule has 1 aliphatic heterocycles. The summed E-state index contributed by atoms with van der Waals surface area (Å²) in [6.07, 6.45) is 6.07. The summed E-state index contributed by atoms with van der Waals surface area (Å²) in [4.78, 5) is 11.1. The molecule has 0 bridgehead atoms. The van der Waals surface area contributed by atoms with Gasteiger partial charge in [-0.1, -0.05) is 0 Å². The van der Waals surface area contributed by atoms with Gasteiger partial charge in [0.15, 0.2) is 5.96 Å². The molecular formula is C17H29N9. The van der Waals surface area contributed by atoms with Crippen LogP contribution in [-0.2, 0) is 13.6 Å². The van der Waals surface area contributed by atoms with E-state index in [1.165, 1.54) is 5.56 Å². The quantitative estimate of drug-likeness (QED) is 0.601. The van der Waals surface area contributed by atoms with Gasteiger partial charge in [-0.2, -0.15) is 10.2 Å². The molecule has 2 N–H and O–H groups in total. The molecule has 0 aromatic carbocycles. The maximum Gasteiger partial charge on any atom is 0.191 e. The fraction of sp³-hybridized carbons (Fsp3) is 0.647. The van der Waals surface area contributed by atoms with Crippen LogP contribution in [0.5, 0.6) is 0 Å². The summed E-state index contributed by atoms with van der Waals surface area (Å²) in [7, 11) is 7.87. The number of nitrogens with zero attached hydrogens (tertiary/aromatic N) is 7. The molecule has 2 atom stereocenters. The SMILES string of the molecule is CN=C(NCC(c1cnn(C)c1)N(C)C)NC1CCCn2nc(C)nc21. The lowest BCUT2D eigenvalue weighted by atomic mass is 10.1. The van der Waals surface area contributed by atoms with E-state index < -0.39 is 0 Å². The van der Waals surface area contributed by atoms with Gasteiger partial charge in [0.25, 0.3) is 0 Å². The van der Waals surface area contributed by atoms with E-state index in [-0.39, 0.29) is 12.1 Å². The van der Waals surface area contributed by atoms with Crippen molar-refractivity contribution in [3.8, 4) is 0 Å². The van der Waals surface area contributed by atoms with Crippen molar-refractivity contribution in [3.63, 3.8) is 0 Å². The summed E-state index contributed by atoms with van der Waals surface area (Å²) >= 11 is 0. The summed E-state index contributed by atoms with van der Waals surface area (Å²) < 4.78 is 3.83. The summed E-state index contributed by atoms with van der Waals surface area (Å²) in [5.41, 5.74) is 1.17. The maximum absolute atomic E-state index is 4.58. The van der Waals surface area contributed by atoms with Gasteiger partial charge in [0, 0.05) is 38.9 Å². The topological polar surface area (TPSA) is 88.2 Å². The Bertz CT molecular complexity index is 758. The van der Waals surface area contributed by atoms with Gasteiger partial charge in [0.05, 0.1) is 18.3 Å². The van der Waals surface area contributed by atoms with Gasteiger partial charge in [0.1, 0.15) is 11.6 Å². The minimum atomic E-state index is 0.132. The monoisotopic (exact) mass is 359 g/mol. The van der Waals surface area contributed by atoms with Gasteiger partial charge in [-0.25, -0.2) is 9.67 Å². The van der Waals surface area contributed by atoms with Gasteiger partial charge in [-0.3, -0.25) is 9.67 Å². The molecule has 3 rings (SSSR count). The molecule has 0 aliphatic carbocycles. The second-order valence-electron chi connectivity index (χ2n) is 6.96. The van der Waals surface area contributed by atoms with Gasteiger partial charge >= 0.3 is 0 Å². The fourth-order valence-electron chi connectivity index (χ4n) is 3.37. The number of likely N-dealkylation sites (N-methyl/N-ethyl adjacent to an activating group) is 1. The van der Waals surface area contributed by atoms with Gasteiger partial charge in [-0.05, 0) is 33.9 Å². The molecule has 0 spiro atoms. The number of hydrogen-bond acceptors (Lipinski definition) is 5. The molecule has 9 nitrogen and oxygen atoms in total. The van der Waals surface area contributed by atoms with Gasteiger partial charge in [-0.15, -0.1) is 0 Å². The number of fused-ring (bicyclic) bond motifs is 1. The van der Waals surface area contributed by atoms with Crippen LogP contribution in [0.4, 0.5) is 0 Å². The molecule has 3 heterocycles. The van der Waals surface area contributed by atoms with E-state index in [4.69, 9.17) is 0 Å². The number of aryl methyl sites for hydroxylation is 3. The molecule has 2 aromatic rings. The summed E-state index contributed by atoms with van der Waals surface area (Å²) in [6.45, 7) is 3.60. The summed E-state index contributed by atoms with van der Waals surface area (Å²) in [5.74, 6) is 2.59. The highest BCUT2D eigenvalue weighted by Crippen LogP contribution is 2.23. The van der Waals surface area contributed by atoms with E-state index in [2.05, 4.69) is 56.0 Å². The van der Waals surface area contributed by atoms with E-state index in [0.29, 0.717) is 0 Å². The lowest BCUT2D eigenvalue weighted by molar-refractivity contribution is 0.297. The van der Waals surface area contributed by atoms with E-state index in [0.717, 1.165) is 43.5 Å². The molecule has 9 heteroatoms. The van der Waals surface area contributed by atoms with Gasteiger partial charge < -0.3 is 15.5 Å². The molecule has 2 aromatic heterocycles. The molecule has 0 radical (unpaired) electrons. The minimum Gasteiger partial charge on any atom is -0.354 e. The number of aliphatic imine (C=N–C) groups is 1. The normalized spacial score (nSPS) is 18.7. The van der Waals surface area contributed by atoms with Crippen LogP contribution in [0.2, 0.25) is 0 Å². The largest absolute Gasteiger partial charge is 0.354 e. The van der Waals surface area contributed by atoms with Crippen LogP contribution in [0.25, 0.3) is 0 Å². The third-order valence-electron chi connectivity index (χ3n) is 4.71. The van der Waals surface area contributed by atoms with Crippen molar-refractivity contribution in [1.29, 1.82) is 0 Å². The van der Waals surface area contributed by atoms with E-state index in [9.17, 15) is 0 Å². The highest BCUT2D eigenvalue weighted by Gasteiger charge is 2.25. The van der Waals surface area contributed by atoms with Crippen molar-refractivity contribution < 1.29 is 0 Å². The van der Waals surface area contributed by atoms with Crippen molar-refractivity contribution in [2.75, 3.05) is 27.7 Å². The zero-order chi connectivity index (χ0) is 18.7. The zero-order valence-electron chi connectivity index (χ0n) is 16.3. The fourth-order valence-corrected chi connectivity index (χ4v) is 3.37. The number of aromatic nitrogens is 5. The third kappa shape index (κ3) is 4.04. The Morgan fingerprint density at radius 2 is 2.27 bits per heavy atom. The molecule has 142 valence electrons. The third-order valence-corrected chi connectivity index (χ3v) is 4.71. The Morgan fingerprint density at radius 3 is 2.92 bits per heavy atom. The molecule has 1 aliphatic rings. The molecule has 26 heavy (non-hydrogen) atoms. The molecule has 0 amide bonds. The van der Waals surface area contributed by atoms with Crippen molar-refractivity contribution in [1.82, 2.24) is 40.1 Å². The van der Waals surface area contributed by atoms with Crippen LogP contribution in [0, 0.1) is 6.92 Å². The van der Waals surface area contributed by atoms with Crippen molar-refractivity contribution in [2.24, 2.45) is 12.0 Å². The first-order chi connectivity index (χ1) is 12.5. The van der Waals surface area contributed by atoms with E-state index in [1.54, 1.807) is 7.05 Å². The molecule has 2 unspecified atom stereocenters. The van der Waals surface area contributed by atoms with Crippen LogP contribution in [0.15, 0.2) is 17.4 Å². The Morgan fingerprint density at radius 1 is 1.46 bits per heavy atom. The Balaban J connectivity index is 1.65. The summed E-state index contributed by atoms with van der Waals surface area (Å²) in [5, 5.41) is 15.7. The Labute approximate surface area is 154 Å². The van der Waals surface area contributed by atoms with Gasteiger partial charge in [0.2, 0.25) is 0 Å². The zero-order valence-corrected chi connectivity index (χ0v) is 16.3. The average molecular weight is 359 g/mol. The smallest absolute Gasteiger partial charge is 0.191 e. The Kier molecular flexibility index (Phi) is 5.55. The van der Waals surface area contributed by atoms with Crippen LogP contribution < -0.4 is 10.6 Å². The van der Waals surface area contributed by atoms with Crippen molar-refractivity contribution in [3.05, 3.63) is 29.6 Å². The molecular weight excluding hydrogens is 330 g/mol. The first-order valence-corrected chi connectivity index (χ1v) is 9.01. The minimum absolute atomic E-state index is 0.132. The van der Waals surface area contributed by atoms with Crippen LogP contribution in [0.3, 0.4) is 0 Å². The van der Waals surface area contributed by atoms with E-state index >= 15 is 0 Å². The lowest BCUT2D eigenvalue weighted by Gasteiger charge is -2.27. The van der Waals surface area contributed by atoms with Crippen LogP contribution >= 0.6 is 0 Å².